The first-order valence-corrected chi connectivity index (χ1v) is 32.2. The lowest BCUT2D eigenvalue weighted by Crippen LogP contribution is -2.40. The van der Waals surface area contributed by atoms with E-state index in [-0.39, 0.29) is 32.2 Å². The molecule has 0 aromatic heterocycles. The Morgan fingerprint density at radius 2 is 0.760 bits per heavy atom. The fraction of sp³-hybridized carbons (Fsp3) is 0.864. The number of esters is 2. The number of likely N-dealkylation sites (N-methyl/N-ethyl adjacent to an activating group) is 1. The second-order valence-corrected chi connectivity index (χ2v) is 23.1. The molecule has 0 radical (unpaired) electrons. The standard InChI is InChI=1S/C66H123NO8/c1-6-8-10-12-14-16-18-20-22-24-25-26-27-28-29-30-31-32-33-34-35-36-37-38-39-41-42-44-46-48-50-52-54-56-63(68)73-60-62(61-74-66(65(70)71)72-59-58-67(3,4)5)75-64(69)57-55-53-51-49-47-45-43-40-23-21-19-17-15-13-11-9-7-2/h9,11,15,17,21,23,62,66H,6-8,10,12-14,16,18-20,22,24-61H2,1-5H3/p+1/b11-9-,17-15-,23-21-. The molecule has 0 aliphatic carbocycles. The molecule has 2 unspecified atom stereocenters. The Kier molecular flexibility index (Phi) is 55.8. The molecule has 0 fully saturated rings. The number of ether oxygens (including phenoxy) is 4. The summed E-state index contributed by atoms with van der Waals surface area (Å²) in [4.78, 5) is 37.5. The number of hydrogen-bond acceptors (Lipinski definition) is 7. The number of carbonyl (C=O) groups excluding carboxylic acids is 2. The van der Waals surface area contributed by atoms with Gasteiger partial charge in [0.25, 0.3) is 6.29 Å². The number of aliphatic carboxylic acids is 1. The van der Waals surface area contributed by atoms with Crippen LogP contribution in [0.15, 0.2) is 36.5 Å². The van der Waals surface area contributed by atoms with Crippen LogP contribution in [0.25, 0.3) is 0 Å². The molecule has 2 atom stereocenters. The van der Waals surface area contributed by atoms with Gasteiger partial charge in [-0.1, -0.05) is 288 Å². The molecule has 0 bridgehead atoms. The molecule has 0 aliphatic rings. The van der Waals surface area contributed by atoms with Gasteiger partial charge in [0.05, 0.1) is 34.4 Å². The van der Waals surface area contributed by atoms with Crippen LogP contribution in [0.4, 0.5) is 0 Å². The van der Waals surface area contributed by atoms with Crippen LogP contribution in [-0.2, 0) is 33.3 Å². The first-order valence-electron chi connectivity index (χ1n) is 32.2. The Balaban J connectivity index is 4.02. The van der Waals surface area contributed by atoms with Gasteiger partial charge in [-0.25, -0.2) is 4.79 Å². The first-order chi connectivity index (χ1) is 36.6. The number of carbonyl (C=O) groups is 3. The Morgan fingerprint density at radius 3 is 1.13 bits per heavy atom. The maximum Gasteiger partial charge on any atom is 0.361 e. The number of allylic oxidation sites excluding steroid dienone is 6. The average molecular weight is 1060 g/mol. The molecular formula is C66H124NO8+. The number of carboxylic acids is 1. The van der Waals surface area contributed by atoms with E-state index in [0.29, 0.717) is 23.9 Å². The van der Waals surface area contributed by atoms with Gasteiger partial charge in [-0.3, -0.25) is 9.59 Å². The minimum atomic E-state index is -1.51. The summed E-state index contributed by atoms with van der Waals surface area (Å²) in [6, 6.07) is 0. The molecule has 0 aromatic carbocycles. The van der Waals surface area contributed by atoms with Crippen molar-refractivity contribution in [2.24, 2.45) is 0 Å². The Hall–Kier alpha value is -2.49. The van der Waals surface area contributed by atoms with Gasteiger partial charge in [-0.15, -0.1) is 0 Å². The average Bonchev–Trinajstić information content (AvgIpc) is 3.38. The number of rotatable bonds is 60. The van der Waals surface area contributed by atoms with Crippen LogP contribution in [0.3, 0.4) is 0 Å². The van der Waals surface area contributed by atoms with Crippen LogP contribution in [0.5, 0.6) is 0 Å². The van der Waals surface area contributed by atoms with Gasteiger partial charge in [-0.2, -0.15) is 0 Å². The number of hydrogen-bond donors (Lipinski definition) is 1. The predicted molar refractivity (Wildman–Crippen MR) is 318 cm³/mol. The summed E-state index contributed by atoms with van der Waals surface area (Å²) in [6.07, 6.45) is 68.3. The first kappa shape index (κ1) is 72.5. The molecule has 0 heterocycles. The fourth-order valence-corrected chi connectivity index (χ4v) is 9.50. The molecule has 0 aromatic rings. The highest BCUT2D eigenvalue weighted by Gasteiger charge is 2.25. The Labute approximate surface area is 464 Å². The third-order valence-corrected chi connectivity index (χ3v) is 14.4. The molecule has 0 amide bonds. The summed E-state index contributed by atoms with van der Waals surface area (Å²) in [5, 5.41) is 9.71. The summed E-state index contributed by atoms with van der Waals surface area (Å²) in [7, 11) is 5.97. The number of quaternary nitrogens is 1. The molecule has 0 saturated heterocycles. The highest BCUT2D eigenvalue weighted by molar-refractivity contribution is 5.71. The van der Waals surface area contributed by atoms with E-state index >= 15 is 0 Å². The van der Waals surface area contributed by atoms with Gasteiger partial charge in [0.15, 0.2) is 6.10 Å². The number of nitrogens with zero attached hydrogens (tertiary/aromatic N) is 1. The van der Waals surface area contributed by atoms with Gasteiger partial charge in [-0.05, 0) is 44.9 Å². The van der Waals surface area contributed by atoms with E-state index in [9.17, 15) is 19.5 Å². The lowest BCUT2D eigenvalue weighted by atomic mass is 10.0. The van der Waals surface area contributed by atoms with Gasteiger partial charge >= 0.3 is 17.9 Å². The quantitative estimate of drug-likeness (QED) is 0.0211. The van der Waals surface area contributed by atoms with Gasteiger partial charge in [0.1, 0.15) is 13.2 Å². The molecule has 0 rings (SSSR count). The maximum atomic E-state index is 12.9. The highest BCUT2D eigenvalue weighted by atomic mass is 16.7. The summed E-state index contributed by atoms with van der Waals surface area (Å²) in [6.45, 7) is 4.80. The highest BCUT2D eigenvalue weighted by Crippen LogP contribution is 2.18. The second kappa shape index (κ2) is 57.7. The van der Waals surface area contributed by atoms with Crippen molar-refractivity contribution < 1.29 is 42.9 Å². The minimum Gasteiger partial charge on any atom is -0.477 e. The summed E-state index contributed by atoms with van der Waals surface area (Å²) >= 11 is 0. The van der Waals surface area contributed by atoms with Crippen molar-refractivity contribution in [3.63, 3.8) is 0 Å². The van der Waals surface area contributed by atoms with E-state index in [0.717, 1.165) is 64.2 Å². The van der Waals surface area contributed by atoms with Crippen LogP contribution in [0.1, 0.15) is 309 Å². The minimum absolute atomic E-state index is 0.183. The van der Waals surface area contributed by atoms with Crippen LogP contribution in [0, 0.1) is 0 Å². The fourth-order valence-electron chi connectivity index (χ4n) is 9.50. The van der Waals surface area contributed by atoms with E-state index in [4.69, 9.17) is 18.9 Å². The van der Waals surface area contributed by atoms with Crippen molar-refractivity contribution in [3.05, 3.63) is 36.5 Å². The van der Waals surface area contributed by atoms with Crippen LogP contribution < -0.4 is 0 Å². The molecule has 9 nitrogen and oxygen atoms in total. The van der Waals surface area contributed by atoms with E-state index in [2.05, 4.69) is 50.3 Å². The van der Waals surface area contributed by atoms with Crippen molar-refractivity contribution in [1.29, 1.82) is 0 Å². The zero-order valence-electron chi connectivity index (χ0n) is 50.2. The van der Waals surface area contributed by atoms with Gasteiger partial charge in [0.2, 0.25) is 0 Å². The monoisotopic (exact) mass is 1060 g/mol. The van der Waals surface area contributed by atoms with Gasteiger partial charge < -0.3 is 28.5 Å². The third kappa shape index (κ3) is 59.0. The molecular weight excluding hydrogens is 935 g/mol. The summed E-state index contributed by atoms with van der Waals surface area (Å²) in [5.41, 5.74) is 0. The Morgan fingerprint density at radius 1 is 0.413 bits per heavy atom. The smallest absolute Gasteiger partial charge is 0.361 e. The normalized spacial score (nSPS) is 12.9. The molecule has 0 aliphatic heterocycles. The molecule has 440 valence electrons. The van der Waals surface area contributed by atoms with Crippen LogP contribution in [0.2, 0.25) is 0 Å². The molecule has 75 heavy (non-hydrogen) atoms. The summed E-state index contributed by atoms with van der Waals surface area (Å²) in [5.74, 6) is -2.00. The molecule has 0 spiro atoms. The van der Waals surface area contributed by atoms with Crippen molar-refractivity contribution in [2.45, 2.75) is 322 Å². The van der Waals surface area contributed by atoms with Crippen molar-refractivity contribution in [1.82, 2.24) is 0 Å². The lowest BCUT2D eigenvalue weighted by molar-refractivity contribution is -0.870. The van der Waals surface area contributed by atoms with Crippen molar-refractivity contribution in [3.8, 4) is 0 Å². The predicted octanol–water partition coefficient (Wildman–Crippen LogP) is 19.2. The lowest BCUT2D eigenvalue weighted by Gasteiger charge is -2.25. The van der Waals surface area contributed by atoms with Crippen LogP contribution in [-0.4, -0.2) is 87.4 Å². The van der Waals surface area contributed by atoms with E-state index in [1.165, 1.54) is 212 Å². The maximum absolute atomic E-state index is 12.9. The van der Waals surface area contributed by atoms with E-state index in [1.54, 1.807) is 0 Å². The van der Waals surface area contributed by atoms with Gasteiger partial charge in [0, 0.05) is 12.8 Å². The zero-order chi connectivity index (χ0) is 54.8. The Bertz CT molecular complexity index is 1320. The van der Waals surface area contributed by atoms with Crippen molar-refractivity contribution in [2.75, 3.05) is 47.5 Å². The molecule has 9 heteroatoms. The van der Waals surface area contributed by atoms with Crippen LogP contribution >= 0.6 is 0 Å². The SMILES string of the molecule is CC/C=C\C/C=C\C/C=C\CCCCCCCCCC(=O)OC(COC(=O)CCCCCCCCCCCCCCCCCCCCCCCCCCCCCCCCCCC)COC(OCC[N+](C)(C)C)C(=O)O. The largest absolute Gasteiger partial charge is 0.477 e. The third-order valence-electron chi connectivity index (χ3n) is 14.4. The topological polar surface area (TPSA) is 108 Å². The number of carboxylic acid groups (broad SMARTS) is 1. The van der Waals surface area contributed by atoms with E-state index < -0.39 is 24.3 Å². The zero-order valence-corrected chi connectivity index (χ0v) is 50.2. The second-order valence-electron chi connectivity index (χ2n) is 23.1. The number of unbranched alkanes of at least 4 members (excludes halogenated alkanes) is 39. The summed E-state index contributed by atoms with van der Waals surface area (Å²) < 4.78 is 22.9. The van der Waals surface area contributed by atoms with E-state index in [1.807, 2.05) is 21.1 Å². The molecule has 1 N–H and O–H groups in total. The van der Waals surface area contributed by atoms with Crippen molar-refractivity contribution >= 4 is 17.9 Å². The molecule has 0 saturated carbocycles.